The summed E-state index contributed by atoms with van der Waals surface area (Å²) in [6.07, 6.45) is 6.07. The zero-order valence-corrected chi connectivity index (χ0v) is 17.1. The number of aromatic nitrogens is 1. The molecule has 6 atom stereocenters. The maximum Gasteiger partial charge on any atom is 0.0405 e. The van der Waals surface area contributed by atoms with Gasteiger partial charge in [-0.2, -0.15) is 0 Å². The van der Waals surface area contributed by atoms with E-state index in [-0.39, 0.29) is 0 Å². The van der Waals surface area contributed by atoms with E-state index in [1.54, 1.807) is 5.56 Å². The Hall–Kier alpha value is -1.87. The van der Waals surface area contributed by atoms with Crippen molar-refractivity contribution in [1.82, 2.24) is 9.88 Å². The second-order valence-electron chi connectivity index (χ2n) is 9.91. The summed E-state index contributed by atoms with van der Waals surface area (Å²) in [6, 6.07) is 12.4. The molecule has 1 aromatic carbocycles. The summed E-state index contributed by atoms with van der Waals surface area (Å²) in [4.78, 5) is 10.1. The predicted octanol–water partition coefficient (Wildman–Crippen LogP) is 4.18. The summed E-state index contributed by atoms with van der Waals surface area (Å²) in [5, 5.41) is 0. The summed E-state index contributed by atoms with van der Waals surface area (Å²) in [6.45, 7) is 9.47. The lowest BCUT2D eigenvalue weighted by molar-refractivity contribution is 0.0739. The molecule has 1 saturated carbocycles. The third kappa shape index (κ3) is 2.62. The monoisotopic (exact) mass is 373 g/mol. The van der Waals surface area contributed by atoms with Gasteiger partial charge in [0.1, 0.15) is 0 Å². The van der Waals surface area contributed by atoms with Crippen LogP contribution in [0.2, 0.25) is 0 Å². The number of anilines is 1. The van der Waals surface area contributed by atoms with Crippen LogP contribution in [0.1, 0.15) is 41.1 Å². The van der Waals surface area contributed by atoms with E-state index in [4.69, 9.17) is 0 Å². The van der Waals surface area contributed by atoms with Crippen molar-refractivity contribution in [3.05, 3.63) is 58.9 Å². The van der Waals surface area contributed by atoms with Crippen LogP contribution in [0.4, 0.5) is 5.69 Å². The Balaban J connectivity index is 1.37. The van der Waals surface area contributed by atoms with Crippen molar-refractivity contribution in [3.63, 3.8) is 0 Å². The molecule has 0 radical (unpaired) electrons. The number of hydrogen-bond acceptors (Lipinski definition) is 3. The average molecular weight is 374 g/mol. The van der Waals surface area contributed by atoms with Gasteiger partial charge in [-0.15, -0.1) is 0 Å². The molecule has 4 fully saturated rings. The van der Waals surface area contributed by atoms with Gasteiger partial charge in [0.25, 0.3) is 0 Å². The fourth-order valence-electron chi connectivity index (χ4n) is 7.00. The first-order valence-corrected chi connectivity index (χ1v) is 11.2. The summed E-state index contributed by atoms with van der Waals surface area (Å²) in [5.41, 5.74) is 7.09. The maximum absolute atomic E-state index is 4.52. The average Bonchev–Trinajstić information content (AvgIpc) is 2.89. The number of piperidine rings is 2. The van der Waals surface area contributed by atoms with E-state index in [0.717, 1.165) is 42.3 Å². The molecule has 0 N–H and O–H groups in total. The summed E-state index contributed by atoms with van der Waals surface area (Å²) in [7, 11) is 0. The maximum atomic E-state index is 4.52. The van der Waals surface area contributed by atoms with Gasteiger partial charge in [-0.05, 0) is 74.1 Å². The van der Waals surface area contributed by atoms with Crippen LogP contribution < -0.4 is 4.90 Å². The van der Waals surface area contributed by atoms with Crippen LogP contribution in [-0.2, 0) is 6.42 Å². The largest absolute Gasteiger partial charge is 0.367 e. The standard InChI is InChI=1S/C25H31N3/c1-16-3-6-23-22(9-16)24-20-10-19-11-21(15-27(13-19)14-20)25(24)28(23)8-7-18-5-4-17(2)26-12-18/h3-6,9,12,19-21,24-25H,7-8,10-11,13-15H2,1-2H3. The molecule has 4 aliphatic heterocycles. The van der Waals surface area contributed by atoms with Crippen LogP contribution in [-0.4, -0.2) is 42.1 Å². The fourth-order valence-corrected chi connectivity index (χ4v) is 7.00. The van der Waals surface area contributed by atoms with E-state index in [0.29, 0.717) is 6.04 Å². The molecule has 3 nitrogen and oxygen atoms in total. The van der Waals surface area contributed by atoms with Crippen molar-refractivity contribution in [2.24, 2.45) is 17.8 Å². The third-order valence-electron chi connectivity index (χ3n) is 7.96. The van der Waals surface area contributed by atoms with Gasteiger partial charge >= 0.3 is 0 Å². The minimum atomic E-state index is 0.704. The molecule has 28 heavy (non-hydrogen) atoms. The minimum absolute atomic E-state index is 0.704. The van der Waals surface area contributed by atoms with Gasteiger partial charge in [-0.1, -0.05) is 23.8 Å². The van der Waals surface area contributed by atoms with E-state index in [2.05, 4.69) is 65.2 Å². The highest BCUT2D eigenvalue weighted by Crippen LogP contribution is 2.55. The first-order valence-electron chi connectivity index (χ1n) is 11.2. The molecule has 0 spiro atoms. The number of benzene rings is 1. The first-order chi connectivity index (χ1) is 13.7. The van der Waals surface area contributed by atoms with Gasteiger partial charge in [-0.25, -0.2) is 0 Å². The van der Waals surface area contributed by atoms with Crippen molar-refractivity contribution >= 4 is 5.69 Å². The molecular formula is C25H31N3. The molecule has 146 valence electrons. The van der Waals surface area contributed by atoms with Crippen molar-refractivity contribution in [2.45, 2.75) is 45.1 Å². The normalized spacial score (nSPS) is 35.0. The molecule has 5 aliphatic rings. The van der Waals surface area contributed by atoms with E-state index in [9.17, 15) is 0 Å². The molecule has 0 amide bonds. The van der Waals surface area contributed by atoms with Gasteiger partial charge in [0.15, 0.2) is 0 Å². The van der Waals surface area contributed by atoms with Gasteiger partial charge in [0, 0.05) is 55.7 Å². The topological polar surface area (TPSA) is 19.4 Å². The van der Waals surface area contributed by atoms with Crippen molar-refractivity contribution in [2.75, 3.05) is 31.1 Å². The Labute approximate surface area is 168 Å². The van der Waals surface area contributed by atoms with Crippen molar-refractivity contribution < 1.29 is 0 Å². The predicted molar refractivity (Wildman–Crippen MR) is 114 cm³/mol. The van der Waals surface area contributed by atoms with Crippen LogP contribution in [0.5, 0.6) is 0 Å². The summed E-state index contributed by atoms with van der Waals surface area (Å²) < 4.78 is 0. The van der Waals surface area contributed by atoms with Crippen LogP contribution >= 0.6 is 0 Å². The number of aryl methyl sites for hydroxylation is 2. The first kappa shape index (κ1) is 17.0. The lowest BCUT2D eigenvalue weighted by atomic mass is 9.79. The second kappa shape index (κ2) is 6.32. The smallest absolute Gasteiger partial charge is 0.0405 e. The van der Waals surface area contributed by atoms with Crippen molar-refractivity contribution in [1.29, 1.82) is 0 Å². The molecular weight excluding hydrogens is 342 g/mol. The van der Waals surface area contributed by atoms with E-state index in [1.165, 1.54) is 49.3 Å². The Morgan fingerprint density at radius 3 is 2.68 bits per heavy atom. The number of nitrogens with zero attached hydrogens (tertiary/aromatic N) is 3. The van der Waals surface area contributed by atoms with Crippen molar-refractivity contribution in [3.8, 4) is 0 Å². The van der Waals surface area contributed by atoms with Crippen LogP contribution in [0.3, 0.4) is 0 Å². The van der Waals surface area contributed by atoms with E-state index >= 15 is 0 Å². The minimum Gasteiger partial charge on any atom is -0.367 e. The highest BCUT2D eigenvalue weighted by molar-refractivity contribution is 5.64. The van der Waals surface area contributed by atoms with Gasteiger partial charge in [0.2, 0.25) is 0 Å². The highest BCUT2D eigenvalue weighted by atomic mass is 15.2. The molecule has 3 saturated heterocycles. The van der Waals surface area contributed by atoms with Gasteiger partial charge in [-0.3, -0.25) is 4.98 Å². The zero-order chi connectivity index (χ0) is 18.8. The fraction of sp³-hybridized carbons (Fsp3) is 0.560. The Morgan fingerprint density at radius 2 is 1.86 bits per heavy atom. The quantitative estimate of drug-likeness (QED) is 0.804. The van der Waals surface area contributed by atoms with Gasteiger partial charge < -0.3 is 9.80 Å². The molecule has 1 aromatic heterocycles. The highest BCUT2D eigenvalue weighted by Gasteiger charge is 2.53. The van der Waals surface area contributed by atoms with E-state index < -0.39 is 0 Å². The number of pyridine rings is 1. The van der Waals surface area contributed by atoms with Crippen LogP contribution in [0.25, 0.3) is 0 Å². The summed E-state index contributed by atoms with van der Waals surface area (Å²) >= 11 is 0. The molecule has 1 aliphatic carbocycles. The molecule has 7 rings (SSSR count). The molecule has 4 bridgehead atoms. The molecule has 2 aromatic rings. The zero-order valence-electron chi connectivity index (χ0n) is 17.1. The Morgan fingerprint density at radius 1 is 1.00 bits per heavy atom. The third-order valence-corrected chi connectivity index (χ3v) is 7.96. The Kier molecular flexibility index (Phi) is 3.84. The van der Waals surface area contributed by atoms with Crippen LogP contribution in [0.15, 0.2) is 36.5 Å². The van der Waals surface area contributed by atoms with Crippen LogP contribution in [0, 0.1) is 31.6 Å². The lowest BCUT2D eigenvalue weighted by Gasteiger charge is -2.43. The molecule has 5 heterocycles. The summed E-state index contributed by atoms with van der Waals surface area (Å²) in [5.74, 6) is 3.37. The number of rotatable bonds is 3. The number of fused-ring (bicyclic) bond motifs is 1. The molecule has 6 unspecified atom stereocenters. The van der Waals surface area contributed by atoms with E-state index in [1.807, 2.05) is 0 Å². The van der Waals surface area contributed by atoms with Gasteiger partial charge in [0.05, 0.1) is 0 Å². The Bertz CT molecular complexity index is 875. The number of hydrogen-bond donors (Lipinski definition) is 0. The lowest BCUT2D eigenvalue weighted by Crippen LogP contribution is -2.48. The second-order valence-corrected chi connectivity index (χ2v) is 9.91. The molecule has 3 heteroatoms. The SMILES string of the molecule is Cc1ccc2c(c1)C1C3CC4CC(CN(C4)C3)C1N2CCc1ccc(C)nc1.